The highest BCUT2D eigenvalue weighted by Gasteiger charge is 2.33. The molecule has 3 aliphatic rings. The van der Waals surface area contributed by atoms with Gasteiger partial charge in [-0.05, 0) is 50.6 Å². The number of hydrogen-bond acceptors (Lipinski definition) is 4. The third kappa shape index (κ3) is 3.65. The van der Waals surface area contributed by atoms with Gasteiger partial charge in [0.05, 0.1) is 11.0 Å². The summed E-state index contributed by atoms with van der Waals surface area (Å²) in [7, 11) is -3.08. The molecule has 5 nitrogen and oxygen atoms in total. The van der Waals surface area contributed by atoms with Crippen LogP contribution < -0.4 is 5.32 Å². The second-order valence-electron chi connectivity index (χ2n) is 7.16. The fraction of sp³-hybridized carbons (Fsp3) is 0.938. The van der Waals surface area contributed by atoms with E-state index in [0.29, 0.717) is 11.8 Å². The molecule has 3 rings (SSSR count). The van der Waals surface area contributed by atoms with Crippen molar-refractivity contribution in [2.75, 3.05) is 31.9 Å². The Morgan fingerprint density at radius 1 is 1.00 bits per heavy atom. The molecule has 0 aromatic rings. The van der Waals surface area contributed by atoms with Crippen LogP contribution in [0, 0.1) is 11.8 Å². The van der Waals surface area contributed by atoms with Crippen LogP contribution in [0.15, 0.2) is 0 Å². The van der Waals surface area contributed by atoms with E-state index in [1.165, 1.54) is 0 Å². The normalized spacial score (nSPS) is 30.3. The number of sulfone groups is 1. The molecule has 3 fully saturated rings. The van der Waals surface area contributed by atoms with Crippen molar-refractivity contribution in [3.8, 4) is 0 Å². The van der Waals surface area contributed by atoms with Crippen molar-refractivity contribution < 1.29 is 13.2 Å². The van der Waals surface area contributed by atoms with E-state index in [0.717, 1.165) is 64.7 Å². The largest absolute Gasteiger partial charge is 0.343 e. The van der Waals surface area contributed by atoms with E-state index < -0.39 is 9.84 Å². The van der Waals surface area contributed by atoms with Gasteiger partial charge in [0, 0.05) is 19.5 Å². The summed E-state index contributed by atoms with van der Waals surface area (Å²) in [6.07, 6.45) is 5.89. The molecule has 1 saturated carbocycles. The maximum atomic E-state index is 12.4. The van der Waals surface area contributed by atoms with Crippen LogP contribution in [0.3, 0.4) is 0 Å². The Balaban J connectivity index is 1.49. The lowest BCUT2D eigenvalue weighted by Crippen LogP contribution is -2.34. The van der Waals surface area contributed by atoms with Gasteiger partial charge in [-0.25, -0.2) is 8.42 Å². The fourth-order valence-electron chi connectivity index (χ4n) is 4.27. The SMILES string of the molecule is O=C(CCS(=O)(=O)C1CCCC1)N1CC[C@@H]2CNC[C@@H]2CC1. The molecule has 2 aliphatic heterocycles. The van der Waals surface area contributed by atoms with E-state index in [2.05, 4.69) is 5.32 Å². The number of nitrogens with zero attached hydrogens (tertiary/aromatic N) is 1. The van der Waals surface area contributed by atoms with Crippen molar-refractivity contribution in [3.63, 3.8) is 0 Å². The Morgan fingerprint density at radius 3 is 2.18 bits per heavy atom. The first-order chi connectivity index (χ1) is 10.6. The van der Waals surface area contributed by atoms with Crippen molar-refractivity contribution >= 4 is 15.7 Å². The predicted molar refractivity (Wildman–Crippen MR) is 86.3 cm³/mol. The number of likely N-dealkylation sites (tertiary alicyclic amines) is 1. The number of carbonyl (C=O) groups is 1. The van der Waals surface area contributed by atoms with E-state index in [-0.39, 0.29) is 23.3 Å². The third-order valence-electron chi connectivity index (χ3n) is 5.78. The summed E-state index contributed by atoms with van der Waals surface area (Å²) in [6, 6.07) is 0. The van der Waals surface area contributed by atoms with Crippen LogP contribution in [-0.2, 0) is 14.6 Å². The molecular weight excluding hydrogens is 300 g/mol. The fourth-order valence-corrected chi connectivity index (χ4v) is 6.11. The molecule has 2 saturated heterocycles. The minimum absolute atomic E-state index is 0.0366. The highest BCUT2D eigenvalue weighted by Crippen LogP contribution is 2.28. The molecule has 1 aliphatic carbocycles. The van der Waals surface area contributed by atoms with Crippen molar-refractivity contribution in [2.24, 2.45) is 11.8 Å². The molecule has 0 bridgehead atoms. The van der Waals surface area contributed by atoms with Crippen LogP contribution in [0.25, 0.3) is 0 Å². The van der Waals surface area contributed by atoms with Gasteiger partial charge in [0.15, 0.2) is 9.84 Å². The van der Waals surface area contributed by atoms with Crippen molar-refractivity contribution in [1.29, 1.82) is 0 Å². The maximum absolute atomic E-state index is 12.4. The molecule has 126 valence electrons. The van der Waals surface area contributed by atoms with Crippen LogP contribution in [-0.4, -0.2) is 56.4 Å². The van der Waals surface area contributed by atoms with E-state index in [9.17, 15) is 13.2 Å². The van der Waals surface area contributed by atoms with E-state index >= 15 is 0 Å². The molecule has 0 aromatic carbocycles. The molecular formula is C16H28N2O3S. The first-order valence-electron chi connectivity index (χ1n) is 8.76. The van der Waals surface area contributed by atoms with Crippen LogP contribution >= 0.6 is 0 Å². The zero-order chi connectivity index (χ0) is 15.6. The zero-order valence-electron chi connectivity index (χ0n) is 13.3. The van der Waals surface area contributed by atoms with Crippen molar-refractivity contribution in [2.45, 2.75) is 50.2 Å². The topological polar surface area (TPSA) is 66.5 Å². The van der Waals surface area contributed by atoms with Gasteiger partial charge < -0.3 is 10.2 Å². The van der Waals surface area contributed by atoms with Crippen LogP contribution in [0.4, 0.5) is 0 Å². The molecule has 0 aromatic heterocycles. The van der Waals surface area contributed by atoms with E-state index in [4.69, 9.17) is 0 Å². The van der Waals surface area contributed by atoms with Gasteiger partial charge in [-0.15, -0.1) is 0 Å². The highest BCUT2D eigenvalue weighted by atomic mass is 32.2. The van der Waals surface area contributed by atoms with E-state index in [1.807, 2.05) is 4.90 Å². The summed E-state index contributed by atoms with van der Waals surface area (Å²) in [6.45, 7) is 3.74. The molecule has 0 unspecified atom stereocenters. The van der Waals surface area contributed by atoms with Crippen LogP contribution in [0.1, 0.15) is 44.9 Å². The number of nitrogens with one attached hydrogen (secondary N) is 1. The Bertz CT molecular complexity index is 486. The predicted octanol–water partition coefficient (Wildman–Crippen LogP) is 1.19. The second kappa shape index (κ2) is 6.87. The number of carbonyl (C=O) groups excluding carboxylic acids is 1. The van der Waals surface area contributed by atoms with Gasteiger partial charge >= 0.3 is 0 Å². The lowest BCUT2D eigenvalue weighted by atomic mass is 9.92. The van der Waals surface area contributed by atoms with Gasteiger partial charge in [-0.3, -0.25) is 4.79 Å². The first-order valence-corrected chi connectivity index (χ1v) is 10.5. The molecule has 22 heavy (non-hydrogen) atoms. The van der Waals surface area contributed by atoms with Gasteiger partial charge in [-0.1, -0.05) is 12.8 Å². The molecule has 6 heteroatoms. The Labute approximate surface area is 133 Å². The summed E-state index contributed by atoms with van der Waals surface area (Å²) >= 11 is 0. The number of fused-ring (bicyclic) bond motifs is 1. The van der Waals surface area contributed by atoms with Crippen molar-refractivity contribution in [3.05, 3.63) is 0 Å². The lowest BCUT2D eigenvalue weighted by molar-refractivity contribution is -0.130. The molecule has 0 spiro atoms. The summed E-state index contributed by atoms with van der Waals surface area (Å²) in [4.78, 5) is 14.3. The van der Waals surface area contributed by atoms with Gasteiger partial charge in [0.25, 0.3) is 0 Å². The second-order valence-corrected chi connectivity index (χ2v) is 9.56. The number of amides is 1. The maximum Gasteiger partial charge on any atom is 0.223 e. The summed E-state index contributed by atoms with van der Waals surface area (Å²) in [5.41, 5.74) is 0. The average Bonchev–Trinajstić information content (AvgIpc) is 3.14. The Kier molecular flexibility index (Phi) is 5.07. The van der Waals surface area contributed by atoms with Crippen molar-refractivity contribution in [1.82, 2.24) is 10.2 Å². The van der Waals surface area contributed by atoms with Crippen LogP contribution in [0.2, 0.25) is 0 Å². The summed E-state index contributed by atoms with van der Waals surface area (Å²) in [5, 5.41) is 3.24. The quantitative estimate of drug-likeness (QED) is 0.842. The van der Waals surface area contributed by atoms with Gasteiger partial charge in [0.2, 0.25) is 5.91 Å². The van der Waals surface area contributed by atoms with E-state index in [1.54, 1.807) is 0 Å². The number of rotatable bonds is 4. The highest BCUT2D eigenvalue weighted by molar-refractivity contribution is 7.92. The molecule has 1 amide bonds. The minimum Gasteiger partial charge on any atom is -0.343 e. The Morgan fingerprint density at radius 2 is 1.59 bits per heavy atom. The minimum atomic E-state index is -3.08. The molecule has 1 N–H and O–H groups in total. The Hall–Kier alpha value is -0.620. The van der Waals surface area contributed by atoms with Crippen LogP contribution in [0.5, 0.6) is 0 Å². The summed E-state index contributed by atoms with van der Waals surface area (Å²) < 4.78 is 24.5. The first kappa shape index (κ1) is 16.2. The number of hydrogen-bond donors (Lipinski definition) is 1. The molecule has 2 atom stereocenters. The monoisotopic (exact) mass is 328 g/mol. The molecule has 0 radical (unpaired) electrons. The smallest absolute Gasteiger partial charge is 0.223 e. The standard InChI is InChI=1S/C16H28N2O3S/c19-16(7-10-22(20,21)15-3-1-2-4-15)18-8-5-13-11-17-12-14(13)6-9-18/h13-15,17H,1-12H2/t13-,14+. The van der Waals surface area contributed by atoms with Gasteiger partial charge in [0.1, 0.15) is 0 Å². The molecule has 2 heterocycles. The average molecular weight is 328 g/mol. The lowest BCUT2D eigenvalue weighted by Gasteiger charge is -2.21. The third-order valence-corrected chi connectivity index (χ3v) is 8.04. The zero-order valence-corrected chi connectivity index (χ0v) is 14.1. The van der Waals surface area contributed by atoms with Gasteiger partial charge in [-0.2, -0.15) is 0 Å². The summed E-state index contributed by atoms with van der Waals surface area (Å²) in [5.74, 6) is 1.47.